The van der Waals surface area contributed by atoms with Crippen molar-refractivity contribution in [2.75, 3.05) is 13.2 Å². The van der Waals surface area contributed by atoms with Crippen LogP contribution in [0.2, 0.25) is 0 Å². The molecule has 0 aliphatic heterocycles. The number of nitrogens with two attached hydrogens (primary N) is 1. The van der Waals surface area contributed by atoms with Gasteiger partial charge < -0.3 is 21.1 Å². The van der Waals surface area contributed by atoms with Gasteiger partial charge in [0.05, 0.1) is 5.54 Å². The number of rotatable bonds is 9. The zero-order chi connectivity index (χ0) is 17.3. The molecule has 6 nitrogen and oxygen atoms in total. The highest BCUT2D eigenvalue weighted by Crippen LogP contribution is 2.14. The highest BCUT2D eigenvalue weighted by atomic mass is 16.5. The van der Waals surface area contributed by atoms with Crippen LogP contribution in [-0.2, 0) is 16.1 Å². The summed E-state index contributed by atoms with van der Waals surface area (Å²) in [5.74, 6) is 0.254. The van der Waals surface area contributed by atoms with Crippen LogP contribution in [0.1, 0.15) is 39.2 Å². The van der Waals surface area contributed by atoms with Crippen molar-refractivity contribution < 1.29 is 14.3 Å². The van der Waals surface area contributed by atoms with Crippen molar-refractivity contribution in [3.63, 3.8) is 0 Å². The van der Waals surface area contributed by atoms with Crippen LogP contribution in [0.15, 0.2) is 24.3 Å². The summed E-state index contributed by atoms with van der Waals surface area (Å²) in [6.45, 7) is 6.50. The van der Waals surface area contributed by atoms with Crippen molar-refractivity contribution in [2.45, 2.75) is 45.7 Å². The second-order valence-corrected chi connectivity index (χ2v) is 5.74. The van der Waals surface area contributed by atoms with E-state index in [0.29, 0.717) is 25.3 Å². The number of nitrogens with one attached hydrogen (secondary N) is 2. The number of carbonyl (C=O) groups excluding carboxylic acids is 2. The SMILES string of the molecule is CCCC(C)(N)C(=O)NCc1cccc(OCC(=O)NCC)c1. The number of carbonyl (C=O) groups is 2. The predicted molar refractivity (Wildman–Crippen MR) is 90.0 cm³/mol. The Morgan fingerprint density at radius 1 is 1.26 bits per heavy atom. The van der Waals surface area contributed by atoms with E-state index in [2.05, 4.69) is 10.6 Å². The van der Waals surface area contributed by atoms with Crippen LogP contribution in [0.3, 0.4) is 0 Å². The first-order chi connectivity index (χ1) is 10.9. The van der Waals surface area contributed by atoms with Gasteiger partial charge in [-0.1, -0.05) is 25.5 Å². The molecule has 6 heteroatoms. The zero-order valence-corrected chi connectivity index (χ0v) is 14.1. The van der Waals surface area contributed by atoms with Crippen molar-refractivity contribution in [3.8, 4) is 5.75 Å². The Morgan fingerprint density at radius 3 is 2.65 bits per heavy atom. The monoisotopic (exact) mass is 321 g/mol. The number of likely N-dealkylation sites (N-methyl/N-ethyl adjacent to an activating group) is 1. The molecule has 1 rings (SSSR count). The standard InChI is InChI=1S/C17H27N3O3/c1-4-9-17(3,18)16(22)20-11-13-7-6-8-14(10-13)23-12-15(21)19-5-2/h6-8,10H,4-5,9,11-12,18H2,1-3H3,(H,19,21)(H,20,22). The lowest BCUT2D eigenvalue weighted by molar-refractivity contribution is -0.126. The van der Waals surface area contributed by atoms with Gasteiger partial charge in [0.1, 0.15) is 5.75 Å². The van der Waals surface area contributed by atoms with E-state index in [9.17, 15) is 9.59 Å². The second-order valence-electron chi connectivity index (χ2n) is 5.74. The Kier molecular flexibility index (Phi) is 7.54. The first kappa shape index (κ1) is 19.0. The normalized spacial score (nSPS) is 13.0. The van der Waals surface area contributed by atoms with E-state index in [0.717, 1.165) is 12.0 Å². The minimum absolute atomic E-state index is 0.0268. The van der Waals surface area contributed by atoms with E-state index >= 15 is 0 Å². The van der Waals surface area contributed by atoms with Crippen molar-refractivity contribution in [1.82, 2.24) is 10.6 Å². The molecular weight excluding hydrogens is 294 g/mol. The molecule has 1 aromatic carbocycles. The average molecular weight is 321 g/mol. The van der Waals surface area contributed by atoms with Gasteiger partial charge >= 0.3 is 0 Å². The average Bonchev–Trinajstić information content (AvgIpc) is 2.51. The van der Waals surface area contributed by atoms with Crippen LogP contribution in [-0.4, -0.2) is 30.5 Å². The molecule has 128 valence electrons. The maximum atomic E-state index is 12.1. The van der Waals surface area contributed by atoms with E-state index in [1.54, 1.807) is 19.1 Å². The molecule has 0 heterocycles. The molecule has 0 aromatic heterocycles. The Bertz CT molecular complexity index is 530. The minimum Gasteiger partial charge on any atom is -0.484 e. The first-order valence-electron chi connectivity index (χ1n) is 7.94. The van der Waals surface area contributed by atoms with Gasteiger partial charge in [0.2, 0.25) is 5.91 Å². The number of hydrogen-bond acceptors (Lipinski definition) is 4. The molecule has 0 bridgehead atoms. The molecule has 23 heavy (non-hydrogen) atoms. The molecule has 2 amide bonds. The van der Waals surface area contributed by atoms with Crippen LogP contribution in [0, 0.1) is 0 Å². The van der Waals surface area contributed by atoms with Gasteiger partial charge in [0, 0.05) is 13.1 Å². The fraction of sp³-hybridized carbons (Fsp3) is 0.529. The fourth-order valence-corrected chi connectivity index (χ4v) is 2.16. The smallest absolute Gasteiger partial charge is 0.257 e. The van der Waals surface area contributed by atoms with Crippen LogP contribution in [0.5, 0.6) is 5.75 Å². The Balaban J connectivity index is 2.54. The lowest BCUT2D eigenvalue weighted by Crippen LogP contribution is -2.51. The molecule has 4 N–H and O–H groups in total. The Morgan fingerprint density at radius 2 is 2.00 bits per heavy atom. The van der Waals surface area contributed by atoms with E-state index in [4.69, 9.17) is 10.5 Å². The lowest BCUT2D eigenvalue weighted by atomic mass is 9.96. The van der Waals surface area contributed by atoms with Gasteiger partial charge in [-0.3, -0.25) is 9.59 Å². The summed E-state index contributed by atoms with van der Waals surface area (Å²) >= 11 is 0. The number of benzene rings is 1. The Labute approximate surface area is 137 Å². The van der Waals surface area contributed by atoms with Crippen molar-refractivity contribution >= 4 is 11.8 Å². The third-order valence-corrected chi connectivity index (χ3v) is 3.38. The van der Waals surface area contributed by atoms with Gasteiger partial charge in [0.15, 0.2) is 6.61 Å². The molecule has 0 aliphatic rings. The van der Waals surface area contributed by atoms with Gasteiger partial charge in [0.25, 0.3) is 5.91 Å². The second kappa shape index (κ2) is 9.15. The van der Waals surface area contributed by atoms with Gasteiger partial charge in [-0.25, -0.2) is 0 Å². The van der Waals surface area contributed by atoms with E-state index in [1.165, 1.54) is 0 Å². The lowest BCUT2D eigenvalue weighted by Gasteiger charge is -2.22. The summed E-state index contributed by atoms with van der Waals surface area (Å²) in [7, 11) is 0. The minimum atomic E-state index is -0.860. The summed E-state index contributed by atoms with van der Waals surface area (Å²) in [5, 5.41) is 5.50. The molecule has 1 atom stereocenters. The van der Waals surface area contributed by atoms with Gasteiger partial charge in [-0.2, -0.15) is 0 Å². The Hall–Kier alpha value is -2.08. The van der Waals surface area contributed by atoms with E-state index in [-0.39, 0.29) is 18.4 Å². The summed E-state index contributed by atoms with van der Waals surface area (Å²) in [5.41, 5.74) is 6.02. The largest absolute Gasteiger partial charge is 0.484 e. The topological polar surface area (TPSA) is 93.5 Å². The summed E-state index contributed by atoms with van der Waals surface area (Å²) in [4.78, 5) is 23.5. The number of hydrogen-bond donors (Lipinski definition) is 3. The summed E-state index contributed by atoms with van der Waals surface area (Å²) < 4.78 is 5.42. The van der Waals surface area contributed by atoms with Crippen LogP contribution in [0.4, 0.5) is 0 Å². The molecule has 0 saturated carbocycles. The fourth-order valence-electron chi connectivity index (χ4n) is 2.16. The van der Waals surface area contributed by atoms with Gasteiger partial charge in [-0.05, 0) is 38.0 Å². The third-order valence-electron chi connectivity index (χ3n) is 3.38. The molecular formula is C17H27N3O3. The van der Waals surface area contributed by atoms with Crippen molar-refractivity contribution in [2.24, 2.45) is 5.73 Å². The molecule has 1 unspecified atom stereocenters. The molecule has 0 saturated heterocycles. The zero-order valence-electron chi connectivity index (χ0n) is 14.1. The highest BCUT2D eigenvalue weighted by Gasteiger charge is 2.26. The van der Waals surface area contributed by atoms with Crippen LogP contribution < -0.4 is 21.1 Å². The highest BCUT2D eigenvalue weighted by molar-refractivity contribution is 5.85. The molecule has 0 spiro atoms. The predicted octanol–water partition coefficient (Wildman–Crippen LogP) is 1.34. The van der Waals surface area contributed by atoms with E-state index < -0.39 is 5.54 Å². The van der Waals surface area contributed by atoms with Crippen LogP contribution in [0.25, 0.3) is 0 Å². The maximum absolute atomic E-state index is 12.1. The van der Waals surface area contributed by atoms with Crippen molar-refractivity contribution in [1.29, 1.82) is 0 Å². The summed E-state index contributed by atoms with van der Waals surface area (Å²) in [6.07, 6.45) is 1.48. The van der Waals surface area contributed by atoms with Gasteiger partial charge in [-0.15, -0.1) is 0 Å². The van der Waals surface area contributed by atoms with Crippen LogP contribution >= 0.6 is 0 Å². The quantitative estimate of drug-likeness (QED) is 0.640. The van der Waals surface area contributed by atoms with Crippen molar-refractivity contribution in [3.05, 3.63) is 29.8 Å². The van der Waals surface area contributed by atoms with E-state index in [1.807, 2.05) is 26.0 Å². The maximum Gasteiger partial charge on any atom is 0.257 e. The third kappa shape index (κ3) is 6.69. The number of amides is 2. The first-order valence-corrected chi connectivity index (χ1v) is 7.94. The molecule has 1 aromatic rings. The number of ether oxygens (including phenoxy) is 1. The molecule has 0 radical (unpaired) electrons. The summed E-state index contributed by atoms with van der Waals surface area (Å²) in [6, 6.07) is 7.27. The molecule has 0 fully saturated rings. The molecule has 0 aliphatic carbocycles.